The second-order valence-corrected chi connectivity index (χ2v) is 5.49. The van der Waals surface area contributed by atoms with E-state index in [0.717, 1.165) is 24.5 Å². The van der Waals surface area contributed by atoms with E-state index in [1.54, 1.807) is 12.3 Å². The standard InChI is InChI=1S/C14H24N2O3/c1-11-3-2-4-13(7-11)18-10-12(17)8-15-9-14-5-6-16-19-14/h5-6,11-13,15,17H,2-4,7-10H2,1H3. The molecule has 3 atom stereocenters. The maximum atomic E-state index is 9.84. The number of nitrogens with one attached hydrogen (secondary N) is 1. The summed E-state index contributed by atoms with van der Waals surface area (Å²) in [6.07, 6.45) is 6.27. The van der Waals surface area contributed by atoms with E-state index >= 15 is 0 Å². The largest absolute Gasteiger partial charge is 0.389 e. The van der Waals surface area contributed by atoms with E-state index < -0.39 is 6.10 Å². The van der Waals surface area contributed by atoms with Gasteiger partial charge in [-0.1, -0.05) is 24.9 Å². The summed E-state index contributed by atoms with van der Waals surface area (Å²) >= 11 is 0. The number of aromatic nitrogens is 1. The summed E-state index contributed by atoms with van der Waals surface area (Å²) < 4.78 is 10.7. The van der Waals surface area contributed by atoms with Crippen LogP contribution in [0.25, 0.3) is 0 Å². The van der Waals surface area contributed by atoms with Gasteiger partial charge in [-0.2, -0.15) is 0 Å². The molecule has 0 radical (unpaired) electrons. The Kier molecular flexibility index (Phi) is 5.82. The zero-order valence-corrected chi connectivity index (χ0v) is 11.5. The Bertz CT molecular complexity index is 342. The van der Waals surface area contributed by atoms with Crippen molar-refractivity contribution in [1.29, 1.82) is 0 Å². The van der Waals surface area contributed by atoms with Gasteiger partial charge in [-0.25, -0.2) is 0 Å². The van der Waals surface area contributed by atoms with Crippen molar-refractivity contribution < 1.29 is 14.4 Å². The third-order valence-corrected chi connectivity index (χ3v) is 3.58. The number of ether oxygens (including phenoxy) is 1. The van der Waals surface area contributed by atoms with Crippen molar-refractivity contribution in [3.63, 3.8) is 0 Å². The molecule has 1 fully saturated rings. The van der Waals surface area contributed by atoms with Crippen LogP contribution in [0.3, 0.4) is 0 Å². The molecule has 19 heavy (non-hydrogen) atoms. The Balaban J connectivity index is 1.55. The fraction of sp³-hybridized carbons (Fsp3) is 0.786. The average Bonchev–Trinajstić information content (AvgIpc) is 2.90. The molecule has 5 heteroatoms. The lowest BCUT2D eigenvalue weighted by atomic mass is 9.89. The maximum Gasteiger partial charge on any atom is 0.150 e. The van der Waals surface area contributed by atoms with Gasteiger partial charge in [0.2, 0.25) is 0 Å². The number of aliphatic hydroxyl groups excluding tert-OH is 1. The maximum absolute atomic E-state index is 9.84. The summed E-state index contributed by atoms with van der Waals surface area (Å²) in [5.74, 6) is 1.52. The Morgan fingerprint density at radius 3 is 3.21 bits per heavy atom. The normalized spacial score (nSPS) is 25.4. The molecule has 0 aromatic carbocycles. The van der Waals surface area contributed by atoms with Gasteiger partial charge in [-0.15, -0.1) is 0 Å². The second kappa shape index (κ2) is 7.62. The molecule has 1 aromatic rings. The molecule has 0 saturated heterocycles. The van der Waals surface area contributed by atoms with Gasteiger partial charge in [0, 0.05) is 12.6 Å². The highest BCUT2D eigenvalue weighted by atomic mass is 16.5. The molecule has 2 rings (SSSR count). The third kappa shape index (κ3) is 5.30. The zero-order chi connectivity index (χ0) is 13.5. The fourth-order valence-electron chi connectivity index (χ4n) is 2.53. The smallest absolute Gasteiger partial charge is 0.150 e. The lowest BCUT2D eigenvalue weighted by Gasteiger charge is -2.27. The summed E-state index contributed by atoms with van der Waals surface area (Å²) in [7, 11) is 0. The minimum Gasteiger partial charge on any atom is -0.389 e. The molecule has 1 aliphatic rings. The van der Waals surface area contributed by atoms with Gasteiger partial charge in [0.15, 0.2) is 0 Å². The van der Waals surface area contributed by atoms with Crippen LogP contribution in [0.4, 0.5) is 0 Å². The van der Waals surface area contributed by atoms with Crippen molar-refractivity contribution >= 4 is 0 Å². The topological polar surface area (TPSA) is 67.5 Å². The minimum atomic E-state index is -0.472. The van der Waals surface area contributed by atoms with E-state index in [1.807, 2.05) is 0 Å². The van der Waals surface area contributed by atoms with Crippen molar-refractivity contribution in [1.82, 2.24) is 10.5 Å². The number of nitrogens with zero attached hydrogens (tertiary/aromatic N) is 1. The van der Waals surface area contributed by atoms with Crippen molar-refractivity contribution in [3.05, 3.63) is 18.0 Å². The number of hydrogen-bond acceptors (Lipinski definition) is 5. The molecule has 0 aliphatic heterocycles. The molecule has 0 amide bonds. The first-order valence-corrected chi connectivity index (χ1v) is 7.14. The Morgan fingerprint density at radius 2 is 2.47 bits per heavy atom. The van der Waals surface area contributed by atoms with Crippen LogP contribution in [0.2, 0.25) is 0 Å². The number of hydrogen-bond donors (Lipinski definition) is 2. The predicted octanol–water partition coefficient (Wildman–Crippen LogP) is 1.72. The van der Waals surface area contributed by atoms with Crippen LogP contribution < -0.4 is 5.32 Å². The SMILES string of the molecule is CC1CCCC(OCC(O)CNCc2ccno2)C1. The van der Waals surface area contributed by atoms with Gasteiger partial charge in [-0.05, 0) is 18.8 Å². The van der Waals surface area contributed by atoms with Crippen LogP contribution in [0.15, 0.2) is 16.8 Å². The van der Waals surface area contributed by atoms with Crippen LogP contribution in [0, 0.1) is 5.92 Å². The molecule has 0 spiro atoms. The Morgan fingerprint density at radius 1 is 1.58 bits per heavy atom. The first-order chi connectivity index (χ1) is 9.24. The molecule has 0 bridgehead atoms. The Labute approximate surface area is 114 Å². The molecular formula is C14H24N2O3. The highest BCUT2D eigenvalue weighted by Gasteiger charge is 2.20. The molecule has 2 N–H and O–H groups in total. The van der Waals surface area contributed by atoms with Gasteiger partial charge in [0.05, 0.1) is 31.6 Å². The molecule has 1 aromatic heterocycles. The van der Waals surface area contributed by atoms with E-state index in [2.05, 4.69) is 17.4 Å². The minimum absolute atomic E-state index is 0.327. The molecular weight excluding hydrogens is 244 g/mol. The quantitative estimate of drug-likeness (QED) is 0.788. The molecule has 1 aliphatic carbocycles. The first-order valence-electron chi connectivity index (χ1n) is 7.14. The highest BCUT2D eigenvalue weighted by Crippen LogP contribution is 2.25. The lowest BCUT2D eigenvalue weighted by Crippen LogP contribution is -2.32. The first kappa shape index (κ1) is 14.5. The third-order valence-electron chi connectivity index (χ3n) is 3.58. The molecule has 1 saturated carbocycles. The van der Waals surface area contributed by atoms with Crippen LogP contribution in [-0.2, 0) is 11.3 Å². The average molecular weight is 268 g/mol. The van der Waals surface area contributed by atoms with E-state index in [1.165, 1.54) is 12.8 Å². The molecule has 5 nitrogen and oxygen atoms in total. The van der Waals surface area contributed by atoms with Crippen LogP contribution in [0.5, 0.6) is 0 Å². The Hall–Kier alpha value is -0.910. The summed E-state index contributed by atoms with van der Waals surface area (Å²) in [5, 5.41) is 16.6. The van der Waals surface area contributed by atoms with Crippen LogP contribution in [0.1, 0.15) is 38.4 Å². The fourth-order valence-corrected chi connectivity index (χ4v) is 2.53. The van der Waals surface area contributed by atoms with Crippen LogP contribution in [-0.4, -0.2) is 35.6 Å². The van der Waals surface area contributed by atoms with Crippen molar-refractivity contribution in [2.75, 3.05) is 13.2 Å². The van der Waals surface area contributed by atoms with Gasteiger partial charge in [0.1, 0.15) is 5.76 Å². The van der Waals surface area contributed by atoms with E-state index in [9.17, 15) is 5.11 Å². The van der Waals surface area contributed by atoms with Gasteiger partial charge in [-0.3, -0.25) is 0 Å². The number of rotatable bonds is 7. The van der Waals surface area contributed by atoms with Crippen molar-refractivity contribution in [2.45, 2.75) is 51.4 Å². The van der Waals surface area contributed by atoms with Crippen molar-refractivity contribution in [3.8, 4) is 0 Å². The molecule has 108 valence electrons. The van der Waals surface area contributed by atoms with E-state index in [0.29, 0.717) is 25.8 Å². The summed E-state index contributed by atoms with van der Waals surface area (Å²) in [5.41, 5.74) is 0. The lowest BCUT2D eigenvalue weighted by molar-refractivity contribution is -0.0307. The van der Waals surface area contributed by atoms with Crippen molar-refractivity contribution in [2.24, 2.45) is 5.92 Å². The van der Waals surface area contributed by atoms with Crippen LogP contribution >= 0.6 is 0 Å². The highest BCUT2D eigenvalue weighted by molar-refractivity contribution is 4.91. The predicted molar refractivity (Wildman–Crippen MR) is 71.6 cm³/mol. The molecule has 3 unspecified atom stereocenters. The summed E-state index contributed by atoms with van der Waals surface area (Å²) in [6, 6.07) is 1.80. The zero-order valence-electron chi connectivity index (χ0n) is 11.5. The van der Waals surface area contributed by atoms with E-state index in [4.69, 9.17) is 9.26 Å². The van der Waals surface area contributed by atoms with Gasteiger partial charge >= 0.3 is 0 Å². The molecule has 1 heterocycles. The number of aliphatic hydroxyl groups is 1. The summed E-state index contributed by atoms with van der Waals surface area (Å²) in [6.45, 7) is 3.76. The monoisotopic (exact) mass is 268 g/mol. The summed E-state index contributed by atoms with van der Waals surface area (Å²) in [4.78, 5) is 0. The van der Waals surface area contributed by atoms with E-state index in [-0.39, 0.29) is 0 Å². The van der Waals surface area contributed by atoms with Gasteiger partial charge < -0.3 is 19.7 Å². The second-order valence-electron chi connectivity index (χ2n) is 5.49. The van der Waals surface area contributed by atoms with Gasteiger partial charge in [0.25, 0.3) is 0 Å².